The summed E-state index contributed by atoms with van der Waals surface area (Å²) in [5, 5.41) is 9.04. The summed E-state index contributed by atoms with van der Waals surface area (Å²) < 4.78 is 0. The zero-order chi connectivity index (χ0) is 13.1. The van der Waals surface area contributed by atoms with E-state index in [9.17, 15) is 4.79 Å². The molecule has 0 bridgehead atoms. The van der Waals surface area contributed by atoms with E-state index < -0.39 is 0 Å². The Balaban J connectivity index is 2.95. The summed E-state index contributed by atoms with van der Waals surface area (Å²) in [6.07, 6.45) is 4.25. The van der Waals surface area contributed by atoms with E-state index in [-0.39, 0.29) is 29.6 Å². The van der Waals surface area contributed by atoms with Gasteiger partial charge in [0.05, 0.1) is 12.0 Å². The number of rotatable bonds is 6. The zero-order valence-electron chi connectivity index (χ0n) is 11.0. The molecule has 1 aromatic rings. The van der Waals surface area contributed by atoms with Gasteiger partial charge < -0.3 is 10.1 Å². The molecule has 1 heterocycles. The summed E-state index contributed by atoms with van der Waals surface area (Å²) in [4.78, 5) is 19.0. The van der Waals surface area contributed by atoms with Crippen molar-refractivity contribution in [3.63, 3.8) is 0 Å². The third kappa shape index (κ3) is 2.75. The summed E-state index contributed by atoms with van der Waals surface area (Å²) in [7, 11) is 0. The number of aromatic amines is 1. The second-order valence-corrected chi connectivity index (χ2v) is 5.12. The van der Waals surface area contributed by atoms with Crippen LogP contribution in [0.5, 0.6) is 0 Å². The number of carbonyl (C=O) groups excluding carboxylic acids is 1. The lowest BCUT2D eigenvalue weighted by Gasteiger charge is -2.37. The van der Waals surface area contributed by atoms with E-state index >= 15 is 0 Å². The van der Waals surface area contributed by atoms with Crippen molar-refractivity contribution in [1.29, 1.82) is 0 Å². The van der Waals surface area contributed by atoms with Crippen LogP contribution >= 0.6 is 0 Å². The molecule has 0 aliphatic heterocycles. The Morgan fingerprint density at radius 2 is 2.24 bits per heavy atom. The molecule has 0 fully saturated rings. The molecule has 1 aromatic heterocycles. The highest BCUT2D eigenvalue weighted by Crippen LogP contribution is 2.42. The third-order valence-corrected chi connectivity index (χ3v) is 3.93. The number of carbonyl (C=O) groups is 1. The fourth-order valence-electron chi connectivity index (χ4n) is 2.47. The maximum Gasteiger partial charge on any atom is 0.161 e. The first-order valence-corrected chi connectivity index (χ1v) is 6.07. The lowest BCUT2D eigenvalue weighted by Crippen LogP contribution is -2.36. The average molecular weight is 238 g/mol. The van der Waals surface area contributed by atoms with Gasteiger partial charge in [0, 0.05) is 18.0 Å². The van der Waals surface area contributed by atoms with Crippen LogP contribution in [-0.2, 0) is 4.79 Å². The molecule has 2 unspecified atom stereocenters. The number of hydrogen-bond donors (Lipinski definition) is 2. The Bertz CT molecular complexity index is 358. The van der Waals surface area contributed by atoms with Crippen molar-refractivity contribution >= 4 is 5.78 Å². The standard InChI is InChI=1S/C13H22N2O2/c1-5-10(12(17)7-16)13(3,4)9(2)11-6-14-8-15-11/h6,8-10,16H,5,7H2,1-4H3,(H,14,15). The van der Waals surface area contributed by atoms with Gasteiger partial charge in [0.25, 0.3) is 0 Å². The smallest absolute Gasteiger partial charge is 0.161 e. The second-order valence-electron chi connectivity index (χ2n) is 5.12. The van der Waals surface area contributed by atoms with Crippen LogP contribution in [0.4, 0.5) is 0 Å². The molecule has 2 atom stereocenters. The lowest BCUT2D eigenvalue weighted by molar-refractivity contribution is -0.130. The Morgan fingerprint density at radius 3 is 2.65 bits per heavy atom. The minimum absolute atomic E-state index is 0.0834. The Kier molecular flexibility index (Phi) is 4.46. The summed E-state index contributed by atoms with van der Waals surface area (Å²) in [6, 6.07) is 0. The van der Waals surface area contributed by atoms with Gasteiger partial charge in [-0.25, -0.2) is 4.98 Å². The first-order chi connectivity index (χ1) is 7.95. The number of aliphatic hydroxyl groups is 1. The lowest BCUT2D eigenvalue weighted by atomic mass is 9.66. The molecular weight excluding hydrogens is 216 g/mol. The fraction of sp³-hybridized carbons (Fsp3) is 0.692. The molecule has 0 amide bonds. The van der Waals surface area contributed by atoms with Crippen LogP contribution in [0.2, 0.25) is 0 Å². The molecule has 17 heavy (non-hydrogen) atoms. The van der Waals surface area contributed by atoms with Crippen molar-refractivity contribution < 1.29 is 9.90 Å². The molecule has 0 saturated carbocycles. The van der Waals surface area contributed by atoms with E-state index in [0.717, 1.165) is 12.1 Å². The quantitative estimate of drug-likeness (QED) is 0.797. The van der Waals surface area contributed by atoms with E-state index in [4.69, 9.17) is 5.11 Å². The van der Waals surface area contributed by atoms with E-state index in [1.165, 1.54) is 0 Å². The Morgan fingerprint density at radius 1 is 1.59 bits per heavy atom. The van der Waals surface area contributed by atoms with Gasteiger partial charge in [-0.3, -0.25) is 4.79 Å². The molecule has 0 aliphatic rings. The van der Waals surface area contributed by atoms with Gasteiger partial charge in [0.2, 0.25) is 0 Å². The number of aromatic nitrogens is 2. The maximum absolute atomic E-state index is 11.8. The van der Waals surface area contributed by atoms with E-state index in [2.05, 4.69) is 30.7 Å². The molecule has 0 aromatic carbocycles. The van der Waals surface area contributed by atoms with E-state index in [1.807, 2.05) is 13.1 Å². The Hall–Kier alpha value is -1.16. The predicted molar refractivity (Wildman–Crippen MR) is 66.7 cm³/mol. The van der Waals surface area contributed by atoms with Gasteiger partial charge in [-0.15, -0.1) is 0 Å². The van der Waals surface area contributed by atoms with Gasteiger partial charge in [0.15, 0.2) is 5.78 Å². The molecule has 0 spiro atoms. The number of nitrogens with one attached hydrogen (secondary N) is 1. The van der Waals surface area contributed by atoms with Crippen LogP contribution in [0.3, 0.4) is 0 Å². The second kappa shape index (κ2) is 5.45. The SMILES string of the molecule is CCC(C(=O)CO)C(C)(C)C(C)c1c[nH]cn1. The average Bonchev–Trinajstić information content (AvgIpc) is 2.81. The number of imidazole rings is 1. The van der Waals surface area contributed by atoms with Crippen molar-refractivity contribution in [3.05, 3.63) is 18.2 Å². The van der Waals surface area contributed by atoms with Crippen LogP contribution < -0.4 is 0 Å². The number of aliphatic hydroxyl groups excluding tert-OH is 1. The molecule has 1 rings (SSSR count). The van der Waals surface area contributed by atoms with Crippen LogP contribution in [0, 0.1) is 11.3 Å². The summed E-state index contributed by atoms with van der Waals surface area (Å²) >= 11 is 0. The molecular formula is C13H22N2O2. The van der Waals surface area contributed by atoms with Crippen LogP contribution in [0.1, 0.15) is 45.7 Å². The molecule has 4 nitrogen and oxygen atoms in total. The molecule has 0 aliphatic carbocycles. The van der Waals surface area contributed by atoms with E-state index in [1.54, 1.807) is 6.33 Å². The van der Waals surface area contributed by atoms with Gasteiger partial charge in [-0.1, -0.05) is 27.7 Å². The third-order valence-electron chi connectivity index (χ3n) is 3.93. The van der Waals surface area contributed by atoms with Crippen molar-refractivity contribution in [3.8, 4) is 0 Å². The Labute approximate surface area is 102 Å². The largest absolute Gasteiger partial charge is 0.389 e. The van der Waals surface area contributed by atoms with Crippen molar-refractivity contribution in [1.82, 2.24) is 9.97 Å². The topological polar surface area (TPSA) is 66.0 Å². The summed E-state index contributed by atoms with van der Waals surface area (Å²) in [5.74, 6) is -0.0618. The predicted octanol–water partition coefficient (Wildman–Crippen LogP) is 2.13. The highest BCUT2D eigenvalue weighted by Gasteiger charge is 2.38. The maximum atomic E-state index is 11.8. The molecule has 96 valence electrons. The first-order valence-electron chi connectivity index (χ1n) is 6.07. The molecule has 0 radical (unpaired) electrons. The number of ketones is 1. The van der Waals surface area contributed by atoms with Gasteiger partial charge in [-0.05, 0) is 11.8 Å². The number of Topliss-reactive ketones (excluding diaryl/α,β-unsaturated/α-hetero) is 1. The zero-order valence-corrected chi connectivity index (χ0v) is 11.0. The van der Waals surface area contributed by atoms with Gasteiger partial charge >= 0.3 is 0 Å². The van der Waals surface area contributed by atoms with Gasteiger partial charge in [-0.2, -0.15) is 0 Å². The minimum Gasteiger partial charge on any atom is -0.389 e. The highest BCUT2D eigenvalue weighted by molar-refractivity contribution is 5.82. The minimum atomic E-state index is -0.380. The van der Waals surface area contributed by atoms with Crippen LogP contribution in [-0.4, -0.2) is 27.5 Å². The highest BCUT2D eigenvalue weighted by atomic mass is 16.3. The number of nitrogens with zero attached hydrogens (tertiary/aromatic N) is 1. The van der Waals surface area contributed by atoms with Gasteiger partial charge in [0.1, 0.15) is 6.61 Å². The van der Waals surface area contributed by atoms with Crippen molar-refractivity contribution in [2.75, 3.05) is 6.61 Å². The molecule has 0 saturated heterocycles. The summed E-state index contributed by atoms with van der Waals surface area (Å²) in [5.41, 5.74) is 0.739. The van der Waals surface area contributed by atoms with E-state index in [0.29, 0.717) is 0 Å². The number of H-pyrrole nitrogens is 1. The normalized spacial score (nSPS) is 15.6. The molecule has 2 N–H and O–H groups in total. The molecule has 4 heteroatoms. The summed E-state index contributed by atoms with van der Waals surface area (Å²) in [6.45, 7) is 7.80. The van der Waals surface area contributed by atoms with Crippen LogP contribution in [0.15, 0.2) is 12.5 Å². The fourth-order valence-corrected chi connectivity index (χ4v) is 2.47. The number of hydrogen-bond acceptors (Lipinski definition) is 3. The van der Waals surface area contributed by atoms with Crippen molar-refractivity contribution in [2.45, 2.75) is 40.0 Å². The monoisotopic (exact) mass is 238 g/mol. The van der Waals surface area contributed by atoms with Crippen molar-refractivity contribution in [2.24, 2.45) is 11.3 Å². The first kappa shape index (κ1) is 13.9. The van der Waals surface area contributed by atoms with Crippen LogP contribution in [0.25, 0.3) is 0 Å².